The molecule has 9 heteroatoms. The molecule has 0 saturated carbocycles. The third-order valence-electron chi connectivity index (χ3n) is 3.41. The Morgan fingerprint density at radius 2 is 2.12 bits per heavy atom. The average molecular weight is 360 g/mol. The molecule has 0 spiro atoms. The number of carboxylic acid groups (broad SMARTS) is 1. The molecule has 128 valence electrons. The van der Waals surface area contributed by atoms with Gasteiger partial charge in [0.15, 0.2) is 5.17 Å². The second kappa shape index (κ2) is 6.89. The van der Waals surface area contributed by atoms with Crippen molar-refractivity contribution in [2.75, 3.05) is 0 Å². The van der Waals surface area contributed by atoms with Gasteiger partial charge < -0.3 is 10.4 Å². The normalized spacial score (nSPS) is 15.6. The van der Waals surface area contributed by atoms with Crippen LogP contribution in [0.5, 0.6) is 0 Å². The Balaban J connectivity index is 2.00. The number of nitrogens with one attached hydrogen (secondary N) is 2. The molecule has 7 nitrogen and oxygen atoms in total. The van der Waals surface area contributed by atoms with Crippen molar-refractivity contribution in [3.63, 3.8) is 0 Å². The minimum atomic E-state index is -0.946. The molecular weight excluding hydrogens is 347 g/mol. The van der Waals surface area contributed by atoms with E-state index in [-0.39, 0.29) is 29.9 Å². The van der Waals surface area contributed by atoms with Crippen molar-refractivity contribution in [3.8, 4) is 11.3 Å². The maximum Gasteiger partial charge on any atom is 0.305 e. The molecule has 3 rings (SSSR count). The Labute approximate surface area is 146 Å². The molecule has 1 aliphatic heterocycles. The molecular formula is C16H13FN4O3S. The molecule has 2 aromatic rings. The Morgan fingerprint density at radius 1 is 1.40 bits per heavy atom. The molecule has 2 heterocycles. The van der Waals surface area contributed by atoms with Crippen LogP contribution in [0.15, 0.2) is 35.4 Å². The minimum Gasteiger partial charge on any atom is -0.481 e. The van der Waals surface area contributed by atoms with Gasteiger partial charge in [-0.3, -0.25) is 19.7 Å². The number of carbonyl (C=O) groups is 2. The van der Waals surface area contributed by atoms with E-state index in [1.54, 1.807) is 24.4 Å². The number of aryl methyl sites for hydroxylation is 1. The minimum absolute atomic E-state index is 0.0397. The summed E-state index contributed by atoms with van der Waals surface area (Å²) in [6, 6.07) is 5.72. The van der Waals surface area contributed by atoms with Crippen molar-refractivity contribution >= 4 is 34.9 Å². The van der Waals surface area contributed by atoms with E-state index in [4.69, 9.17) is 10.5 Å². The van der Waals surface area contributed by atoms with Gasteiger partial charge in [-0.05, 0) is 42.1 Å². The van der Waals surface area contributed by atoms with E-state index in [0.717, 1.165) is 11.8 Å². The van der Waals surface area contributed by atoms with Crippen LogP contribution in [0.4, 0.5) is 4.39 Å². The summed E-state index contributed by atoms with van der Waals surface area (Å²) in [5.41, 5.74) is 1.73. The first kappa shape index (κ1) is 16.9. The summed E-state index contributed by atoms with van der Waals surface area (Å²) < 4.78 is 14.6. The van der Waals surface area contributed by atoms with Gasteiger partial charge in [-0.2, -0.15) is 5.10 Å². The third kappa shape index (κ3) is 3.94. The molecule has 1 fully saturated rings. The molecule has 0 atom stereocenters. The number of amides is 1. The van der Waals surface area contributed by atoms with E-state index in [2.05, 4.69) is 10.4 Å². The van der Waals surface area contributed by atoms with E-state index < -0.39 is 5.97 Å². The van der Waals surface area contributed by atoms with Crippen molar-refractivity contribution < 1.29 is 19.1 Å². The standard InChI is InChI=1S/C16H13FN4O3S/c17-11-3-1-9(2-4-11)14-10(7-12-15(24)19-16(18)25-12)8-21(20-14)6-5-13(22)23/h1-4,7-8H,5-6H2,(H,22,23)(H2,18,19,24). The van der Waals surface area contributed by atoms with Crippen LogP contribution in [-0.2, 0) is 16.1 Å². The van der Waals surface area contributed by atoms with E-state index in [9.17, 15) is 14.0 Å². The van der Waals surface area contributed by atoms with Crippen LogP contribution < -0.4 is 5.32 Å². The molecule has 1 saturated heterocycles. The number of carboxylic acids is 1. The number of rotatable bonds is 5. The number of nitrogens with zero attached hydrogens (tertiary/aromatic N) is 2. The first-order valence-corrected chi connectivity index (χ1v) is 8.08. The SMILES string of the molecule is N=C1NC(=O)C(=Cc2cn(CCC(=O)O)nc2-c2ccc(F)cc2)S1. The lowest BCUT2D eigenvalue weighted by Crippen LogP contribution is -2.18. The topological polar surface area (TPSA) is 108 Å². The number of aliphatic carboxylic acids is 1. The van der Waals surface area contributed by atoms with Crippen LogP contribution in [0.3, 0.4) is 0 Å². The van der Waals surface area contributed by atoms with Gasteiger partial charge in [0.05, 0.1) is 23.6 Å². The van der Waals surface area contributed by atoms with Crippen molar-refractivity contribution in [3.05, 3.63) is 46.7 Å². The van der Waals surface area contributed by atoms with Gasteiger partial charge in [-0.25, -0.2) is 4.39 Å². The molecule has 1 aliphatic rings. The first-order chi connectivity index (χ1) is 11.9. The predicted molar refractivity (Wildman–Crippen MR) is 91.3 cm³/mol. The van der Waals surface area contributed by atoms with Crippen LogP contribution in [-0.4, -0.2) is 31.9 Å². The van der Waals surface area contributed by atoms with E-state index in [1.165, 1.54) is 16.8 Å². The van der Waals surface area contributed by atoms with Gasteiger partial charge in [0.25, 0.3) is 5.91 Å². The lowest BCUT2D eigenvalue weighted by Gasteiger charge is -2.00. The summed E-state index contributed by atoms with van der Waals surface area (Å²) in [5.74, 6) is -1.70. The Hall–Kier alpha value is -2.94. The Morgan fingerprint density at radius 3 is 2.72 bits per heavy atom. The highest BCUT2D eigenvalue weighted by atomic mass is 32.2. The van der Waals surface area contributed by atoms with Crippen LogP contribution in [0.1, 0.15) is 12.0 Å². The molecule has 0 radical (unpaired) electrons. The number of amidine groups is 1. The maximum atomic E-state index is 13.2. The van der Waals surface area contributed by atoms with Gasteiger partial charge in [-0.15, -0.1) is 0 Å². The number of carbonyl (C=O) groups excluding carboxylic acids is 1. The van der Waals surface area contributed by atoms with E-state index in [1.807, 2.05) is 0 Å². The lowest BCUT2D eigenvalue weighted by molar-refractivity contribution is -0.137. The highest BCUT2D eigenvalue weighted by Crippen LogP contribution is 2.29. The molecule has 0 aliphatic carbocycles. The van der Waals surface area contributed by atoms with Crippen molar-refractivity contribution in [1.82, 2.24) is 15.1 Å². The predicted octanol–water partition coefficient (Wildman–Crippen LogP) is 2.30. The summed E-state index contributed by atoms with van der Waals surface area (Å²) in [5, 5.41) is 23.1. The van der Waals surface area contributed by atoms with Crippen LogP contribution in [0.2, 0.25) is 0 Å². The zero-order valence-corrected chi connectivity index (χ0v) is 13.6. The molecule has 25 heavy (non-hydrogen) atoms. The summed E-state index contributed by atoms with van der Waals surface area (Å²) in [4.78, 5) is 22.9. The molecule has 1 aromatic heterocycles. The van der Waals surface area contributed by atoms with Gasteiger partial charge >= 0.3 is 5.97 Å². The first-order valence-electron chi connectivity index (χ1n) is 7.27. The molecule has 1 amide bonds. The zero-order chi connectivity index (χ0) is 18.0. The fraction of sp³-hybridized carbons (Fsp3) is 0.125. The highest BCUT2D eigenvalue weighted by molar-refractivity contribution is 8.18. The zero-order valence-electron chi connectivity index (χ0n) is 12.8. The number of thioether (sulfide) groups is 1. The number of hydrogen-bond acceptors (Lipinski definition) is 5. The fourth-order valence-corrected chi connectivity index (χ4v) is 2.98. The second-order valence-electron chi connectivity index (χ2n) is 5.24. The third-order valence-corrected chi connectivity index (χ3v) is 4.24. The maximum absolute atomic E-state index is 13.2. The van der Waals surface area contributed by atoms with Gasteiger partial charge in [0.2, 0.25) is 0 Å². The molecule has 0 unspecified atom stereocenters. The fourth-order valence-electron chi connectivity index (χ4n) is 2.28. The number of halogens is 1. The number of aromatic nitrogens is 2. The summed E-state index contributed by atoms with van der Waals surface area (Å²) in [7, 11) is 0. The Bertz CT molecular complexity index is 889. The lowest BCUT2D eigenvalue weighted by atomic mass is 10.1. The van der Waals surface area contributed by atoms with Gasteiger partial charge in [0, 0.05) is 17.3 Å². The Kier molecular flexibility index (Phi) is 4.66. The average Bonchev–Trinajstić information content (AvgIpc) is 3.09. The van der Waals surface area contributed by atoms with Crippen LogP contribution >= 0.6 is 11.8 Å². The second-order valence-corrected chi connectivity index (χ2v) is 6.29. The summed E-state index contributed by atoms with van der Waals surface area (Å²) in [6.07, 6.45) is 3.12. The smallest absolute Gasteiger partial charge is 0.305 e. The van der Waals surface area contributed by atoms with E-state index >= 15 is 0 Å². The molecule has 0 bridgehead atoms. The number of hydrogen-bond donors (Lipinski definition) is 3. The van der Waals surface area contributed by atoms with Crippen molar-refractivity contribution in [2.24, 2.45) is 0 Å². The van der Waals surface area contributed by atoms with Crippen molar-refractivity contribution in [1.29, 1.82) is 5.41 Å². The van der Waals surface area contributed by atoms with Crippen LogP contribution in [0.25, 0.3) is 17.3 Å². The van der Waals surface area contributed by atoms with Crippen LogP contribution in [0, 0.1) is 11.2 Å². The largest absolute Gasteiger partial charge is 0.481 e. The number of benzene rings is 1. The highest BCUT2D eigenvalue weighted by Gasteiger charge is 2.23. The summed E-state index contributed by atoms with van der Waals surface area (Å²) in [6.45, 7) is 0.169. The molecule has 1 aromatic carbocycles. The van der Waals surface area contributed by atoms with Crippen molar-refractivity contribution in [2.45, 2.75) is 13.0 Å². The van der Waals surface area contributed by atoms with Gasteiger partial charge in [0.1, 0.15) is 5.82 Å². The van der Waals surface area contributed by atoms with Gasteiger partial charge in [-0.1, -0.05) is 0 Å². The molecule has 3 N–H and O–H groups in total. The monoisotopic (exact) mass is 360 g/mol. The quantitative estimate of drug-likeness (QED) is 0.709. The summed E-state index contributed by atoms with van der Waals surface area (Å²) >= 11 is 0.995. The van der Waals surface area contributed by atoms with E-state index in [0.29, 0.717) is 21.7 Å².